The highest BCUT2D eigenvalue weighted by Crippen LogP contribution is 2.27. The van der Waals surface area contributed by atoms with E-state index in [2.05, 4.69) is 58.9 Å². The second kappa shape index (κ2) is 8.15. The van der Waals surface area contributed by atoms with Gasteiger partial charge in [0.1, 0.15) is 0 Å². The smallest absolute Gasteiger partial charge is 0.191 e. The standard InChI is InChI=1S/C19H28N4OS/c1-3-20-18(23-12-19(24)8-10-25-13-19)21-9-7-15-11-22-16-6-4-5-14(2)17(15)16/h4-6,11,22,24H,3,7-10,12-13H2,1-2H3,(H2,20,21,23). The van der Waals surface area contributed by atoms with Crippen LogP contribution in [0.3, 0.4) is 0 Å². The van der Waals surface area contributed by atoms with Crippen LogP contribution in [0, 0.1) is 6.92 Å². The molecule has 1 saturated heterocycles. The van der Waals surface area contributed by atoms with Crippen LogP contribution in [0.2, 0.25) is 0 Å². The van der Waals surface area contributed by atoms with E-state index < -0.39 is 5.60 Å². The van der Waals surface area contributed by atoms with Crippen molar-refractivity contribution in [3.8, 4) is 0 Å². The van der Waals surface area contributed by atoms with Gasteiger partial charge in [0.05, 0.1) is 12.1 Å². The molecular formula is C19H28N4OS. The first-order valence-corrected chi connectivity index (χ1v) is 10.1. The fourth-order valence-corrected chi connectivity index (χ4v) is 4.54. The Morgan fingerprint density at radius 1 is 1.40 bits per heavy atom. The third kappa shape index (κ3) is 4.50. The molecular weight excluding hydrogens is 332 g/mol. The van der Waals surface area contributed by atoms with E-state index in [-0.39, 0.29) is 0 Å². The van der Waals surface area contributed by atoms with Crippen molar-refractivity contribution in [1.82, 2.24) is 15.6 Å². The minimum Gasteiger partial charge on any atom is -0.387 e. The molecule has 1 unspecified atom stereocenters. The number of hydrogen-bond donors (Lipinski definition) is 4. The fraction of sp³-hybridized carbons (Fsp3) is 0.526. The zero-order valence-corrected chi connectivity index (χ0v) is 15.9. The summed E-state index contributed by atoms with van der Waals surface area (Å²) in [6, 6.07) is 6.35. The quantitative estimate of drug-likeness (QED) is 0.472. The van der Waals surface area contributed by atoms with Crippen LogP contribution in [0.25, 0.3) is 10.9 Å². The van der Waals surface area contributed by atoms with Crippen LogP contribution in [-0.2, 0) is 6.42 Å². The number of nitrogens with one attached hydrogen (secondary N) is 3. The molecule has 0 saturated carbocycles. The summed E-state index contributed by atoms with van der Waals surface area (Å²) in [6.07, 6.45) is 3.85. The maximum absolute atomic E-state index is 10.4. The molecule has 1 atom stereocenters. The SMILES string of the molecule is CCNC(=NCC1(O)CCSC1)NCCc1c[nH]c2cccc(C)c12. The number of benzene rings is 1. The molecule has 0 radical (unpaired) electrons. The van der Waals surface area contributed by atoms with E-state index in [0.29, 0.717) is 6.54 Å². The number of H-pyrrole nitrogens is 1. The van der Waals surface area contributed by atoms with E-state index in [9.17, 15) is 5.11 Å². The Morgan fingerprint density at radius 2 is 2.28 bits per heavy atom. The molecule has 3 rings (SSSR count). The lowest BCUT2D eigenvalue weighted by Crippen LogP contribution is -2.40. The van der Waals surface area contributed by atoms with Gasteiger partial charge < -0.3 is 20.7 Å². The van der Waals surface area contributed by atoms with Crippen LogP contribution in [-0.4, -0.2) is 52.8 Å². The molecule has 1 aromatic carbocycles. The van der Waals surface area contributed by atoms with Gasteiger partial charge in [0.15, 0.2) is 5.96 Å². The van der Waals surface area contributed by atoms with Crippen molar-refractivity contribution in [2.75, 3.05) is 31.1 Å². The van der Waals surface area contributed by atoms with Gasteiger partial charge in [0.2, 0.25) is 0 Å². The average molecular weight is 361 g/mol. The highest BCUT2D eigenvalue weighted by Gasteiger charge is 2.31. The number of guanidine groups is 1. The summed E-state index contributed by atoms with van der Waals surface area (Å²) >= 11 is 1.80. The van der Waals surface area contributed by atoms with Gasteiger partial charge >= 0.3 is 0 Å². The molecule has 1 aliphatic rings. The van der Waals surface area contributed by atoms with E-state index >= 15 is 0 Å². The topological polar surface area (TPSA) is 72.4 Å². The van der Waals surface area contributed by atoms with Crippen molar-refractivity contribution < 1.29 is 5.11 Å². The number of aliphatic imine (C=N–C) groups is 1. The Hall–Kier alpha value is -1.66. The summed E-state index contributed by atoms with van der Waals surface area (Å²) in [5, 5.41) is 18.4. The molecule has 136 valence electrons. The van der Waals surface area contributed by atoms with Crippen LogP contribution >= 0.6 is 11.8 Å². The van der Waals surface area contributed by atoms with Crippen molar-refractivity contribution in [3.63, 3.8) is 0 Å². The molecule has 1 aromatic heterocycles. The van der Waals surface area contributed by atoms with Crippen LogP contribution in [0.5, 0.6) is 0 Å². The van der Waals surface area contributed by atoms with Gasteiger partial charge in [-0.25, -0.2) is 0 Å². The first kappa shape index (κ1) is 18.1. The molecule has 0 bridgehead atoms. The number of aromatic amines is 1. The summed E-state index contributed by atoms with van der Waals surface area (Å²) in [6.45, 7) is 6.28. The second-order valence-corrected chi connectivity index (χ2v) is 7.82. The zero-order chi connectivity index (χ0) is 17.7. The summed E-state index contributed by atoms with van der Waals surface area (Å²) in [7, 11) is 0. The number of nitrogens with zero attached hydrogens (tertiary/aromatic N) is 1. The van der Waals surface area contributed by atoms with E-state index in [4.69, 9.17) is 0 Å². The van der Waals surface area contributed by atoms with Crippen LogP contribution in [0.1, 0.15) is 24.5 Å². The van der Waals surface area contributed by atoms with E-state index in [1.165, 1.54) is 22.0 Å². The van der Waals surface area contributed by atoms with E-state index in [1.807, 2.05) is 0 Å². The average Bonchev–Trinajstić information content (AvgIpc) is 3.21. The fourth-order valence-electron chi connectivity index (χ4n) is 3.25. The highest BCUT2D eigenvalue weighted by molar-refractivity contribution is 7.99. The molecule has 6 heteroatoms. The summed E-state index contributed by atoms with van der Waals surface area (Å²) in [4.78, 5) is 7.94. The Labute approximate surface area is 153 Å². The van der Waals surface area contributed by atoms with Crippen LogP contribution in [0.4, 0.5) is 0 Å². The van der Waals surface area contributed by atoms with E-state index in [0.717, 1.165) is 43.4 Å². The van der Waals surface area contributed by atoms with Gasteiger partial charge in [0, 0.05) is 35.9 Å². The molecule has 2 aromatic rings. The molecule has 0 spiro atoms. The normalized spacial score (nSPS) is 21.0. The maximum atomic E-state index is 10.4. The van der Waals surface area contributed by atoms with Crippen molar-refractivity contribution in [2.24, 2.45) is 4.99 Å². The Morgan fingerprint density at radius 3 is 3.04 bits per heavy atom. The Bertz CT molecular complexity index is 734. The first-order chi connectivity index (χ1) is 12.1. The highest BCUT2D eigenvalue weighted by atomic mass is 32.2. The molecule has 1 fully saturated rings. The van der Waals surface area contributed by atoms with Gasteiger partial charge in [-0.15, -0.1) is 0 Å². The minimum absolute atomic E-state index is 0.460. The van der Waals surface area contributed by atoms with Crippen molar-refractivity contribution in [1.29, 1.82) is 0 Å². The predicted molar refractivity (Wildman–Crippen MR) is 108 cm³/mol. The number of aromatic nitrogens is 1. The molecule has 4 N–H and O–H groups in total. The number of hydrogen-bond acceptors (Lipinski definition) is 3. The summed E-state index contributed by atoms with van der Waals surface area (Å²) < 4.78 is 0. The maximum Gasteiger partial charge on any atom is 0.191 e. The van der Waals surface area contributed by atoms with Gasteiger partial charge in [-0.1, -0.05) is 12.1 Å². The molecule has 2 heterocycles. The lowest BCUT2D eigenvalue weighted by atomic mass is 10.0. The second-order valence-electron chi connectivity index (χ2n) is 6.71. The predicted octanol–water partition coefficient (Wildman–Crippen LogP) is 2.44. The molecule has 25 heavy (non-hydrogen) atoms. The van der Waals surface area contributed by atoms with Crippen LogP contribution in [0.15, 0.2) is 29.4 Å². The third-order valence-corrected chi connectivity index (χ3v) is 5.88. The number of rotatable bonds is 6. The Balaban J connectivity index is 1.59. The number of aliphatic hydroxyl groups is 1. The summed E-state index contributed by atoms with van der Waals surface area (Å²) in [5.41, 5.74) is 3.18. The van der Waals surface area contributed by atoms with Gasteiger partial charge in [0.25, 0.3) is 0 Å². The molecule has 5 nitrogen and oxygen atoms in total. The van der Waals surface area contributed by atoms with Crippen molar-refractivity contribution >= 4 is 28.6 Å². The third-order valence-electron chi connectivity index (χ3n) is 4.64. The van der Waals surface area contributed by atoms with E-state index in [1.54, 1.807) is 11.8 Å². The number of fused-ring (bicyclic) bond motifs is 1. The number of thioether (sulfide) groups is 1. The lowest BCUT2D eigenvalue weighted by Gasteiger charge is -2.19. The molecule has 1 aliphatic heterocycles. The summed E-state index contributed by atoms with van der Waals surface area (Å²) in [5.74, 6) is 2.59. The van der Waals surface area contributed by atoms with Gasteiger partial charge in [-0.2, -0.15) is 11.8 Å². The van der Waals surface area contributed by atoms with Gasteiger partial charge in [-0.3, -0.25) is 4.99 Å². The van der Waals surface area contributed by atoms with Crippen molar-refractivity contribution in [2.45, 2.75) is 32.3 Å². The van der Waals surface area contributed by atoms with Crippen molar-refractivity contribution in [3.05, 3.63) is 35.5 Å². The van der Waals surface area contributed by atoms with Crippen LogP contribution < -0.4 is 10.6 Å². The van der Waals surface area contributed by atoms with Gasteiger partial charge in [-0.05, 0) is 49.6 Å². The monoisotopic (exact) mass is 360 g/mol. The number of aryl methyl sites for hydroxylation is 1. The molecule has 0 aliphatic carbocycles. The largest absolute Gasteiger partial charge is 0.387 e. The zero-order valence-electron chi connectivity index (χ0n) is 15.1. The Kier molecular flexibility index (Phi) is 5.91. The lowest BCUT2D eigenvalue weighted by molar-refractivity contribution is 0.0778. The minimum atomic E-state index is -0.638. The first-order valence-electron chi connectivity index (χ1n) is 8.99. The molecule has 0 amide bonds.